The summed E-state index contributed by atoms with van der Waals surface area (Å²) in [4.78, 5) is 45.4. The number of rotatable bonds is 8. The van der Waals surface area contributed by atoms with Crippen LogP contribution in [0.1, 0.15) is 72.9 Å². The Morgan fingerprint density at radius 2 is 1.32 bits per heavy atom. The van der Waals surface area contributed by atoms with Crippen LogP contribution in [0.25, 0.3) is 22.0 Å². The van der Waals surface area contributed by atoms with Crippen LogP contribution < -0.4 is 20.9 Å². The van der Waals surface area contributed by atoms with E-state index in [-0.39, 0.29) is 22.2 Å². The SMILES string of the molecule is CC(C)(C)CC(C)(C)c1ccc(Oc2cc(Nc3ccccc3)c3c4c(c(C(=O)Nc5ccccc5)c(=O)[nH]c24)-c2ccccc2C3=O)cc1. The third-order valence-corrected chi connectivity index (χ3v) is 9.07. The summed E-state index contributed by atoms with van der Waals surface area (Å²) in [5.74, 6) is 0.0957. The van der Waals surface area contributed by atoms with Crippen molar-refractivity contribution in [3.05, 3.63) is 148 Å². The first-order chi connectivity index (χ1) is 23.9. The quantitative estimate of drug-likeness (QED) is 0.150. The van der Waals surface area contributed by atoms with E-state index in [0.29, 0.717) is 56.0 Å². The van der Waals surface area contributed by atoms with Gasteiger partial charge in [0.25, 0.3) is 11.5 Å². The fourth-order valence-electron chi connectivity index (χ4n) is 7.30. The van der Waals surface area contributed by atoms with Gasteiger partial charge in [-0.15, -0.1) is 0 Å². The van der Waals surface area contributed by atoms with Gasteiger partial charge in [-0.05, 0) is 64.8 Å². The molecule has 7 nitrogen and oxygen atoms in total. The molecule has 0 spiro atoms. The normalized spacial score (nSPS) is 12.4. The molecular formula is C43H39N3O4. The van der Waals surface area contributed by atoms with E-state index in [1.165, 1.54) is 5.56 Å². The van der Waals surface area contributed by atoms with Crippen molar-refractivity contribution in [3.8, 4) is 22.6 Å². The summed E-state index contributed by atoms with van der Waals surface area (Å²) in [6, 6.07) is 35.3. The second kappa shape index (κ2) is 12.5. The van der Waals surface area contributed by atoms with Gasteiger partial charge in [-0.1, -0.05) is 107 Å². The lowest BCUT2D eigenvalue weighted by Crippen LogP contribution is -2.27. The number of carbonyl (C=O) groups is 2. The molecule has 1 aliphatic rings. The van der Waals surface area contributed by atoms with Gasteiger partial charge in [-0.2, -0.15) is 0 Å². The number of aromatic amines is 1. The number of fused-ring (bicyclic) bond motifs is 2. The maximum absolute atomic E-state index is 14.4. The first-order valence-corrected chi connectivity index (χ1v) is 16.8. The van der Waals surface area contributed by atoms with E-state index in [4.69, 9.17) is 4.74 Å². The van der Waals surface area contributed by atoms with Crippen LogP contribution in [0, 0.1) is 5.41 Å². The Labute approximate surface area is 291 Å². The van der Waals surface area contributed by atoms with Gasteiger partial charge in [0.1, 0.15) is 11.3 Å². The molecule has 1 aliphatic carbocycles. The van der Waals surface area contributed by atoms with Crippen molar-refractivity contribution < 1.29 is 14.3 Å². The summed E-state index contributed by atoms with van der Waals surface area (Å²) in [7, 11) is 0. The molecule has 50 heavy (non-hydrogen) atoms. The number of pyridine rings is 1. The van der Waals surface area contributed by atoms with Crippen LogP contribution in [0.2, 0.25) is 0 Å². The van der Waals surface area contributed by atoms with Crippen LogP contribution in [0.4, 0.5) is 17.1 Å². The Balaban J connectivity index is 1.44. The standard InChI is InChI=1S/C43H39N3O4/c1-42(2,3)25-43(4,5)26-20-22-29(23-21-26)50-33-24-32(44-27-14-8-6-9-15-27)35-36-34(30-18-12-13-19-31(30)39(35)47)37(41(49)46-38(33)36)40(48)45-28-16-10-7-11-17-28/h6-24,44H,25H2,1-5H3,(H,45,48)(H,46,49). The van der Waals surface area contributed by atoms with Crippen molar-refractivity contribution in [2.75, 3.05) is 10.6 Å². The third kappa shape index (κ3) is 6.18. The summed E-state index contributed by atoms with van der Waals surface area (Å²) in [6.45, 7) is 11.2. The minimum atomic E-state index is -0.594. The van der Waals surface area contributed by atoms with Crippen LogP contribution >= 0.6 is 0 Å². The van der Waals surface area contributed by atoms with Crippen molar-refractivity contribution in [2.45, 2.75) is 46.5 Å². The van der Waals surface area contributed by atoms with Crippen molar-refractivity contribution in [1.82, 2.24) is 4.98 Å². The molecule has 3 N–H and O–H groups in total. The van der Waals surface area contributed by atoms with Crippen molar-refractivity contribution >= 4 is 39.7 Å². The van der Waals surface area contributed by atoms with Gasteiger partial charge in [0, 0.05) is 34.0 Å². The predicted molar refractivity (Wildman–Crippen MR) is 201 cm³/mol. The summed E-state index contributed by atoms with van der Waals surface area (Å²) in [6.07, 6.45) is 1.00. The van der Waals surface area contributed by atoms with Crippen molar-refractivity contribution in [1.29, 1.82) is 0 Å². The highest BCUT2D eigenvalue weighted by Crippen LogP contribution is 2.47. The molecule has 0 saturated heterocycles. The number of ketones is 1. The second-order valence-corrected chi connectivity index (χ2v) is 14.7. The van der Waals surface area contributed by atoms with Crippen LogP contribution in [-0.2, 0) is 5.41 Å². The number of nitrogens with one attached hydrogen (secondary N) is 3. The van der Waals surface area contributed by atoms with Crippen LogP contribution in [-0.4, -0.2) is 16.7 Å². The average molecular weight is 662 g/mol. The van der Waals surface area contributed by atoms with E-state index in [0.717, 1.165) is 12.1 Å². The van der Waals surface area contributed by atoms with E-state index in [9.17, 15) is 14.4 Å². The monoisotopic (exact) mass is 661 g/mol. The molecule has 250 valence electrons. The summed E-state index contributed by atoms with van der Waals surface area (Å²) in [5, 5.41) is 6.73. The van der Waals surface area contributed by atoms with Gasteiger partial charge >= 0.3 is 0 Å². The molecule has 1 heterocycles. The Kier molecular flexibility index (Phi) is 8.14. The first-order valence-electron chi connectivity index (χ1n) is 16.8. The molecule has 7 rings (SSSR count). The highest BCUT2D eigenvalue weighted by molar-refractivity contribution is 6.31. The van der Waals surface area contributed by atoms with Crippen LogP contribution in [0.15, 0.2) is 120 Å². The molecule has 0 radical (unpaired) electrons. The van der Waals surface area contributed by atoms with E-state index < -0.39 is 11.5 Å². The zero-order valence-corrected chi connectivity index (χ0v) is 28.8. The fourth-order valence-corrected chi connectivity index (χ4v) is 7.30. The molecular weight excluding hydrogens is 622 g/mol. The Morgan fingerprint density at radius 1 is 0.720 bits per heavy atom. The highest BCUT2D eigenvalue weighted by atomic mass is 16.5. The molecule has 0 unspecified atom stereocenters. The number of H-pyrrole nitrogens is 1. The molecule has 1 amide bonds. The third-order valence-electron chi connectivity index (χ3n) is 9.07. The number of hydrogen-bond donors (Lipinski definition) is 3. The highest BCUT2D eigenvalue weighted by Gasteiger charge is 2.35. The molecule has 7 heteroatoms. The molecule has 0 atom stereocenters. The molecule has 0 aliphatic heterocycles. The van der Waals surface area contributed by atoms with Crippen molar-refractivity contribution in [3.63, 3.8) is 0 Å². The Morgan fingerprint density at radius 3 is 1.96 bits per heavy atom. The topological polar surface area (TPSA) is 100 Å². The van der Waals surface area contributed by atoms with Gasteiger partial charge in [0.15, 0.2) is 11.5 Å². The number of carbonyl (C=O) groups excluding carboxylic acids is 2. The summed E-state index contributed by atoms with van der Waals surface area (Å²) in [5.41, 5.74) is 4.36. The molecule has 1 aromatic heterocycles. The Bertz CT molecular complexity index is 2320. The number of hydrogen-bond acceptors (Lipinski definition) is 5. The lowest BCUT2D eigenvalue weighted by Gasteiger charge is -2.33. The second-order valence-electron chi connectivity index (χ2n) is 14.7. The number of anilines is 3. The summed E-state index contributed by atoms with van der Waals surface area (Å²) < 4.78 is 6.57. The zero-order valence-electron chi connectivity index (χ0n) is 28.8. The zero-order chi connectivity index (χ0) is 35.2. The fraction of sp³-hybridized carbons (Fsp3) is 0.186. The Hall–Kier alpha value is -5.95. The molecule has 0 bridgehead atoms. The molecule has 0 fully saturated rings. The minimum Gasteiger partial charge on any atom is -0.455 e. The molecule has 0 saturated carbocycles. The van der Waals surface area contributed by atoms with E-state index in [2.05, 4.69) is 62.4 Å². The average Bonchev–Trinajstić information content (AvgIpc) is 3.08. The molecule has 6 aromatic rings. The van der Waals surface area contributed by atoms with E-state index >= 15 is 0 Å². The first kappa shape index (κ1) is 32.6. The smallest absolute Gasteiger partial charge is 0.262 e. The lowest BCUT2D eigenvalue weighted by atomic mass is 9.72. The van der Waals surface area contributed by atoms with Gasteiger partial charge in [-0.25, -0.2) is 0 Å². The number of aromatic nitrogens is 1. The van der Waals surface area contributed by atoms with Gasteiger partial charge in [0.05, 0.1) is 16.8 Å². The van der Waals surface area contributed by atoms with E-state index in [1.807, 2.05) is 48.5 Å². The van der Waals surface area contributed by atoms with Crippen LogP contribution in [0.3, 0.4) is 0 Å². The largest absolute Gasteiger partial charge is 0.455 e. The number of benzene rings is 5. The predicted octanol–water partition coefficient (Wildman–Crippen LogP) is 10.2. The maximum atomic E-state index is 14.4. The number of para-hydroxylation sites is 2. The minimum absolute atomic E-state index is 0.0560. The lowest BCUT2D eigenvalue weighted by molar-refractivity contribution is 0.102. The summed E-state index contributed by atoms with van der Waals surface area (Å²) >= 11 is 0. The van der Waals surface area contributed by atoms with Gasteiger partial charge in [-0.3, -0.25) is 14.4 Å². The van der Waals surface area contributed by atoms with Gasteiger partial charge in [0.2, 0.25) is 0 Å². The van der Waals surface area contributed by atoms with E-state index in [1.54, 1.807) is 54.6 Å². The van der Waals surface area contributed by atoms with Crippen molar-refractivity contribution in [2.24, 2.45) is 5.41 Å². The molecule has 5 aromatic carbocycles. The van der Waals surface area contributed by atoms with Gasteiger partial charge < -0.3 is 20.4 Å². The number of amides is 1. The number of ether oxygens (including phenoxy) is 1. The van der Waals surface area contributed by atoms with Crippen LogP contribution in [0.5, 0.6) is 11.5 Å². The maximum Gasteiger partial charge on any atom is 0.262 e.